The second kappa shape index (κ2) is 8.39. The van der Waals surface area contributed by atoms with Crippen molar-refractivity contribution < 1.29 is 9.90 Å². The number of nitrogens with zero attached hydrogens (tertiary/aromatic N) is 2. The topological polar surface area (TPSA) is 75.1 Å². The Balaban J connectivity index is 1.91. The van der Waals surface area contributed by atoms with E-state index < -0.39 is 0 Å². The minimum Gasteiger partial charge on any atom is -0.396 e. The van der Waals surface area contributed by atoms with Gasteiger partial charge in [0.15, 0.2) is 5.16 Å². The minimum atomic E-state index is -0.0813. The molecule has 0 bridgehead atoms. The molecule has 0 aliphatic carbocycles. The molecule has 21 heavy (non-hydrogen) atoms. The van der Waals surface area contributed by atoms with Gasteiger partial charge >= 0.3 is 0 Å². The lowest BCUT2D eigenvalue weighted by atomic mass is 10.1. The van der Waals surface area contributed by atoms with Gasteiger partial charge in [0.05, 0.1) is 11.4 Å². The summed E-state index contributed by atoms with van der Waals surface area (Å²) < 4.78 is 0. The van der Waals surface area contributed by atoms with Gasteiger partial charge in [0, 0.05) is 24.9 Å². The van der Waals surface area contributed by atoms with Gasteiger partial charge in [0.1, 0.15) is 0 Å². The molecule has 2 rings (SSSR count). The molecule has 1 heterocycles. The molecule has 0 saturated carbocycles. The Hall–Kier alpha value is -1.92. The maximum absolute atomic E-state index is 11.6. The highest BCUT2D eigenvalue weighted by molar-refractivity contribution is 7.99. The number of carbonyl (C=O) groups is 1. The van der Waals surface area contributed by atoms with Crippen LogP contribution in [-0.2, 0) is 4.79 Å². The zero-order valence-corrected chi connectivity index (χ0v) is 12.3. The number of aromatic nitrogens is 2. The van der Waals surface area contributed by atoms with E-state index in [1.807, 2.05) is 36.4 Å². The van der Waals surface area contributed by atoms with Gasteiger partial charge in [-0.05, 0) is 12.5 Å². The average Bonchev–Trinajstić information content (AvgIpc) is 2.54. The number of amides is 1. The lowest BCUT2D eigenvalue weighted by molar-refractivity contribution is -0.118. The second-order valence-electron chi connectivity index (χ2n) is 4.31. The molecule has 0 aliphatic heterocycles. The van der Waals surface area contributed by atoms with Crippen LogP contribution in [0.3, 0.4) is 0 Å². The third kappa shape index (κ3) is 5.17. The smallest absolute Gasteiger partial charge is 0.230 e. The maximum atomic E-state index is 11.6. The SMILES string of the molecule is O=C(CSc1nccc(-c2ccccc2)n1)NCCCO. The van der Waals surface area contributed by atoms with Gasteiger partial charge in [0.2, 0.25) is 5.91 Å². The summed E-state index contributed by atoms with van der Waals surface area (Å²) in [5.41, 5.74) is 1.86. The first kappa shape index (κ1) is 15.5. The second-order valence-corrected chi connectivity index (χ2v) is 5.25. The van der Waals surface area contributed by atoms with Gasteiger partial charge in [-0.25, -0.2) is 9.97 Å². The number of hydrogen-bond acceptors (Lipinski definition) is 5. The van der Waals surface area contributed by atoms with Crippen molar-refractivity contribution in [1.29, 1.82) is 0 Å². The fraction of sp³-hybridized carbons (Fsp3) is 0.267. The molecule has 1 aromatic carbocycles. The van der Waals surface area contributed by atoms with Crippen LogP contribution >= 0.6 is 11.8 Å². The van der Waals surface area contributed by atoms with E-state index in [0.29, 0.717) is 18.1 Å². The largest absolute Gasteiger partial charge is 0.396 e. The van der Waals surface area contributed by atoms with E-state index in [2.05, 4.69) is 15.3 Å². The summed E-state index contributed by atoms with van der Waals surface area (Å²) in [6, 6.07) is 11.7. The molecule has 2 N–H and O–H groups in total. The van der Waals surface area contributed by atoms with Crippen LogP contribution in [0.5, 0.6) is 0 Å². The highest BCUT2D eigenvalue weighted by Crippen LogP contribution is 2.19. The molecule has 0 saturated heterocycles. The quantitative estimate of drug-likeness (QED) is 0.463. The van der Waals surface area contributed by atoms with Gasteiger partial charge in [-0.1, -0.05) is 42.1 Å². The molecule has 0 unspecified atom stereocenters. The monoisotopic (exact) mass is 303 g/mol. The number of thioether (sulfide) groups is 1. The molecular weight excluding hydrogens is 286 g/mol. The van der Waals surface area contributed by atoms with Crippen molar-refractivity contribution in [2.45, 2.75) is 11.6 Å². The van der Waals surface area contributed by atoms with Crippen molar-refractivity contribution in [1.82, 2.24) is 15.3 Å². The molecule has 6 heteroatoms. The van der Waals surface area contributed by atoms with Crippen LogP contribution in [0.1, 0.15) is 6.42 Å². The highest BCUT2D eigenvalue weighted by Gasteiger charge is 2.06. The summed E-state index contributed by atoms with van der Waals surface area (Å²) in [4.78, 5) is 20.2. The molecular formula is C15H17N3O2S. The summed E-state index contributed by atoms with van der Waals surface area (Å²) in [7, 11) is 0. The summed E-state index contributed by atoms with van der Waals surface area (Å²) in [6.45, 7) is 0.566. The van der Waals surface area contributed by atoms with E-state index in [0.717, 1.165) is 11.3 Å². The predicted molar refractivity (Wildman–Crippen MR) is 82.9 cm³/mol. The van der Waals surface area contributed by atoms with Gasteiger partial charge in [-0.15, -0.1) is 0 Å². The number of aliphatic hydroxyl groups is 1. The van der Waals surface area contributed by atoms with E-state index in [-0.39, 0.29) is 18.3 Å². The van der Waals surface area contributed by atoms with Crippen LogP contribution in [0.15, 0.2) is 47.8 Å². The first-order valence-corrected chi connectivity index (χ1v) is 7.67. The predicted octanol–water partition coefficient (Wildman–Crippen LogP) is 1.73. The van der Waals surface area contributed by atoms with E-state index in [1.165, 1.54) is 11.8 Å². The zero-order chi connectivity index (χ0) is 14.9. The normalized spacial score (nSPS) is 10.3. The maximum Gasteiger partial charge on any atom is 0.230 e. The van der Waals surface area contributed by atoms with Crippen LogP contribution in [0.4, 0.5) is 0 Å². The minimum absolute atomic E-state index is 0.0790. The summed E-state index contributed by atoms with van der Waals surface area (Å²) in [6.07, 6.45) is 2.26. The van der Waals surface area contributed by atoms with Crippen molar-refractivity contribution in [3.8, 4) is 11.3 Å². The fourth-order valence-electron chi connectivity index (χ4n) is 1.67. The molecule has 5 nitrogen and oxygen atoms in total. The molecule has 0 aliphatic rings. The number of aliphatic hydroxyl groups excluding tert-OH is 1. The van der Waals surface area contributed by atoms with Crippen molar-refractivity contribution in [2.24, 2.45) is 0 Å². The van der Waals surface area contributed by atoms with Crippen LogP contribution in [0, 0.1) is 0 Å². The highest BCUT2D eigenvalue weighted by atomic mass is 32.2. The van der Waals surface area contributed by atoms with Crippen molar-refractivity contribution in [3.05, 3.63) is 42.6 Å². The molecule has 0 fully saturated rings. The van der Waals surface area contributed by atoms with Crippen LogP contribution in [0.2, 0.25) is 0 Å². The van der Waals surface area contributed by atoms with E-state index in [1.54, 1.807) is 6.20 Å². The van der Waals surface area contributed by atoms with Crippen LogP contribution in [0.25, 0.3) is 11.3 Å². The molecule has 1 amide bonds. The number of hydrogen-bond donors (Lipinski definition) is 2. The Morgan fingerprint density at radius 1 is 1.24 bits per heavy atom. The third-order valence-electron chi connectivity index (χ3n) is 2.69. The number of nitrogens with one attached hydrogen (secondary N) is 1. The van der Waals surface area contributed by atoms with Crippen LogP contribution < -0.4 is 5.32 Å². The van der Waals surface area contributed by atoms with Gasteiger partial charge in [0.25, 0.3) is 0 Å². The molecule has 110 valence electrons. The summed E-state index contributed by atoms with van der Waals surface area (Å²) in [5, 5.41) is 12.0. The lowest BCUT2D eigenvalue weighted by Gasteiger charge is -2.05. The first-order valence-electron chi connectivity index (χ1n) is 6.68. The Morgan fingerprint density at radius 2 is 2.05 bits per heavy atom. The molecule has 1 aromatic heterocycles. The van der Waals surface area contributed by atoms with Crippen molar-refractivity contribution >= 4 is 17.7 Å². The van der Waals surface area contributed by atoms with Crippen molar-refractivity contribution in [3.63, 3.8) is 0 Å². The Morgan fingerprint density at radius 3 is 2.81 bits per heavy atom. The molecule has 0 spiro atoms. The Kier molecular flexibility index (Phi) is 6.18. The van der Waals surface area contributed by atoms with Crippen molar-refractivity contribution in [2.75, 3.05) is 18.9 Å². The number of rotatable bonds is 7. The molecule has 0 radical (unpaired) electrons. The van der Waals surface area contributed by atoms with Gasteiger partial charge in [-0.3, -0.25) is 4.79 Å². The van der Waals surface area contributed by atoms with Gasteiger partial charge in [-0.2, -0.15) is 0 Å². The number of carbonyl (C=O) groups excluding carboxylic acids is 1. The lowest BCUT2D eigenvalue weighted by Crippen LogP contribution is -2.26. The number of benzene rings is 1. The average molecular weight is 303 g/mol. The Bertz CT molecular complexity index is 578. The standard InChI is InChI=1S/C15H17N3O2S/c19-10-4-8-16-14(20)11-21-15-17-9-7-13(18-15)12-5-2-1-3-6-12/h1-3,5-7,9,19H,4,8,10-11H2,(H,16,20). The third-order valence-corrected chi connectivity index (χ3v) is 3.55. The summed E-state index contributed by atoms with van der Waals surface area (Å²) >= 11 is 1.30. The zero-order valence-electron chi connectivity index (χ0n) is 11.5. The first-order chi connectivity index (χ1) is 10.3. The Labute approximate surface area is 127 Å². The molecule has 0 atom stereocenters. The molecule has 2 aromatic rings. The fourth-order valence-corrected chi connectivity index (χ4v) is 2.33. The summed E-state index contributed by atoms with van der Waals surface area (Å²) in [5.74, 6) is 0.186. The van der Waals surface area contributed by atoms with Crippen LogP contribution in [-0.4, -0.2) is 39.9 Å². The van der Waals surface area contributed by atoms with E-state index in [9.17, 15) is 4.79 Å². The van der Waals surface area contributed by atoms with E-state index >= 15 is 0 Å². The van der Waals surface area contributed by atoms with E-state index in [4.69, 9.17) is 5.11 Å². The van der Waals surface area contributed by atoms with Gasteiger partial charge < -0.3 is 10.4 Å².